The number of aromatic nitrogens is 1. The Hall–Kier alpha value is -0.610. The van der Waals surface area contributed by atoms with Crippen molar-refractivity contribution in [3.63, 3.8) is 0 Å². The molecular weight excluding hydrogens is 242 g/mol. The number of nitrogens with zero attached hydrogens (tertiary/aromatic N) is 2. The van der Waals surface area contributed by atoms with Crippen LogP contribution in [0.2, 0.25) is 0 Å². The summed E-state index contributed by atoms with van der Waals surface area (Å²) < 4.78 is 0. The van der Waals surface area contributed by atoms with E-state index in [-0.39, 0.29) is 0 Å². The van der Waals surface area contributed by atoms with Crippen LogP contribution in [-0.2, 0) is 6.54 Å². The Bertz CT molecular complexity index is 373. The van der Waals surface area contributed by atoms with E-state index < -0.39 is 0 Å². The van der Waals surface area contributed by atoms with Gasteiger partial charge in [0.2, 0.25) is 0 Å². The number of hydrogen-bond acceptors (Lipinski definition) is 4. The maximum absolute atomic E-state index is 4.79. The normalized spacial score (nSPS) is 20.4. The van der Waals surface area contributed by atoms with Gasteiger partial charge in [-0.25, -0.2) is 4.98 Å². The smallest absolute Gasteiger partial charge is 0.186 e. The topological polar surface area (TPSA) is 28.2 Å². The van der Waals surface area contributed by atoms with Crippen LogP contribution in [0.5, 0.6) is 0 Å². The van der Waals surface area contributed by atoms with Crippen molar-refractivity contribution in [3.05, 3.63) is 10.6 Å². The third kappa shape index (κ3) is 3.04. The zero-order chi connectivity index (χ0) is 13.0. The lowest BCUT2D eigenvalue weighted by molar-refractivity contribution is 0.434. The molecule has 1 aromatic rings. The Morgan fingerprint density at radius 2 is 2.28 bits per heavy atom. The molecule has 1 atom stereocenters. The van der Waals surface area contributed by atoms with E-state index in [1.165, 1.54) is 54.4 Å². The van der Waals surface area contributed by atoms with Crippen LogP contribution in [0.15, 0.2) is 0 Å². The average Bonchev–Trinajstić information content (AvgIpc) is 2.73. The molecule has 2 rings (SSSR count). The van der Waals surface area contributed by atoms with Crippen molar-refractivity contribution in [1.29, 1.82) is 0 Å². The van der Waals surface area contributed by atoms with Gasteiger partial charge in [-0.3, -0.25) is 0 Å². The van der Waals surface area contributed by atoms with E-state index in [4.69, 9.17) is 4.98 Å². The van der Waals surface area contributed by atoms with Gasteiger partial charge in [-0.05, 0) is 39.7 Å². The van der Waals surface area contributed by atoms with Gasteiger partial charge in [-0.15, -0.1) is 11.3 Å². The summed E-state index contributed by atoms with van der Waals surface area (Å²) in [5.74, 6) is 0. The highest BCUT2D eigenvalue weighted by molar-refractivity contribution is 7.15. The molecule has 1 fully saturated rings. The first-order chi connectivity index (χ1) is 8.76. The number of piperidine rings is 1. The first kappa shape index (κ1) is 13.8. The van der Waals surface area contributed by atoms with Crippen molar-refractivity contribution in [1.82, 2.24) is 10.3 Å². The molecule has 1 aliphatic rings. The van der Waals surface area contributed by atoms with Crippen LogP contribution in [0, 0.1) is 6.92 Å². The highest BCUT2D eigenvalue weighted by Crippen LogP contribution is 2.32. The molecule has 0 radical (unpaired) electrons. The minimum atomic E-state index is 0.719. The Labute approximate surface area is 115 Å². The highest BCUT2D eigenvalue weighted by Gasteiger charge is 2.24. The molecule has 1 N–H and O–H groups in total. The van der Waals surface area contributed by atoms with Gasteiger partial charge < -0.3 is 10.2 Å². The van der Waals surface area contributed by atoms with Crippen LogP contribution in [0.25, 0.3) is 0 Å². The molecule has 102 valence electrons. The summed E-state index contributed by atoms with van der Waals surface area (Å²) in [7, 11) is 2.00. The highest BCUT2D eigenvalue weighted by atomic mass is 32.1. The van der Waals surface area contributed by atoms with E-state index >= 15 is 0 Å². The summed E-state index contributed by atoms with van der Waals surface area (Å²) in [5, 5.41) is 4.48. The van der Waals surface area contributed by atoms with Crippen molar-refractivity contribution >= 4 is 16.5 Å². The Morgan fingerprint density at radius 1 is 1.44 bits per heavy atom. The maximum atomic E-state index is 4.79. The summed E-state index contributed by atoms with van der Waals surface area (Å²) in [5.41, 5.74) is 1.20. The number of rotatable bonds is 5. The number of hydrogen-bond donors (Lipinski definition) is 1. The standard InChI is InChI=1S/C14H25N3S/c1-4-7-12-8-5-6-9-17(12)14-16-11(2)13(18-14)10-15-3/h12,15H,4-10H2,1-3H3. The molecule has 18 heavy (non-hydrogen) atoms. The molecule has 0 spiro atoms. The SMILES string of the molecule is CCCC1CCCCN1c1nc(C)c(CNC)s1. The van der Waals surface area contributed by atoms with Gasteiger partial charge in [0, 0.05) is 24.0 Å². The predicted octanol–water partition coefficient (Wildman–Crippen LogP) is 3.33. The van der Waals surface area contributed by atoms with Crippen molar-refractivity contribution in [3.8, 4) is 0 Å². The zero-order valence-corrected chi connectivity index (χ0v) is 12.6. The third-order valence-electron chi connectivity index (χ3n) is 3.71. The summed E-state index contributed by atoms with van der Waals surface area (Å²) >= 11 is 1.87. The number of aryl methyl sites for hydroxylation is 1. The molecule has 0 amide bonds. The second kappa shape index (κ2) is 6.53. The summed E-state index contributed by atoms with van der Waals surface area (Å²) in [4.78, 5) is 8.73. The quantitative estimate of drug-likeness (QED) is 0.887. The van der Waals surface area contributed by atoms with Crippen molar-refractivity contribution in [2.75, 3.05) is 18.5 Å². The first-order valence-electron chi connectivity index (χ1n) is 7.13. The number of nitrogens with one attached hydrogen (secondary N) is 1. The van der Waals surface area contributed by atoms with Gasteiger partial charge in [0.05, 0.1) is 5.69 Å². The summed E-state index contributed by atoms with van der Waals surface area (Å²) in [6, 6.07) is 0.719. The Balaban J connectivity index is 2.14. The summed E-state index contributed by atoms with van der Waals surface area (Å²) in [6.45, 7) is 6.55. The van der Waals surface area contributed by atoms with Gasteiger partial charge in [0.25, 0.3) is 0 Å². The van der Waals surface area contributed by atoms with E-state index in [1.54, 1.807) is 0 Å². The van der Waals surface area contributed by atoms with E-state index in [2.05, 4.69) is 24.1 Å². The fourth-order valence-corrected chi connectivity index (χ4v) is 3.92. The second-order valence-corrected chi connectivity index (χ2v) is 6.23. The fraction of sp³-hybridized carbons (Fsp3) is 0.786. The largest absolute Gasteiger partial charge is 0.345 e. The minimum absolute atomic E-state index is 0.719. The maximum Gasteiger partial charge on any atom is 0.186 e. The minimum Gasteiger partial charge on any atom is -0.345 e. The van der Waals surface area contributed by atoms with E-state index in [9.17, 15) is 0 Å². The molecule has 0 aliphatic carbocycles. The van der Waals surface area contributed by atoms with Crippen molar-refractivity contribution < 1.29 is 0 Å². The molecule has 1 saturated heterocycles. The molecular formula is C14H25N3S. The summed E-state index contributed by atoms with van der Waals surface area (Å²) in [6.07, 6.45) is 6.62. The molecule has 4 heteroatoms. The van der Waals surface area contributed by atoms with Crippen LogP contribution in [0.1, 0.15) is 49.6 Å². The van der Waals surface area contributed by atoms with Crippen molar-refractivity contribution in [2.24, 2.45) is 0 Å². The molecule has 1 aromatic heterocycles. The van der Waals surface area contributed by atoms with Crippen LogP contribution in [-0.4, -0.2) is 24.6 Å². The Morgan fingerprint density at radius 3 is 3.00 bits per heavy atom. The van der Waals surface area contributed by atoms with Crippen LogP contribution in [0.3, 0.4) is 0 Å². The van der Waals surface area contributed by atoms with E-state index in [0.29, 0.717) is 0 Å². The zero-order valence-electron chi connectivity index (χ0n) is 11.8. The molecule has 2 heterocycles. The Kier molecular flexibility index (Phi) is 5.01. The van der Waals surface area contributed by atoms with Gasteiger partial charge in [0.15, 0.2) is 5.13 Å². The first-order valence-corrected chi connectivity index (χ1v) is 7.95. The van der Waals surface area contributed by atoms with Crippen LogP contribution in [0.4, 0.5) is 5.13 Å². The van der Waals surface area contributed by atoms with E-state index in [1.807, 2.05) is 18.4 Å². The number of thiazole rings is 1. The monoisotopic (exact) mass is 267 g/mol. The second-order valence-electron chi connectivity index (χ2n) is 5.17. The molecule has 1 aliphatic heterocycles. The lowest BCUT2D eigenvalue weighted by atomic mass is 9.99. The molecule has 3 nitrogen and oxygen atoms in total. The van der Waals surface area contributed by atoms with Gasteiger partial charge in [-0.2, -0.15) is 0 Å². The molecule has 0 aromatic carbocycles. The average molecular weight is 267 g/mol. The number of anilines is 1. The third-order valence-corrected chi connectivity index (χ3v) is 4.91. The lowest BCUT2D eigenvalue weighted by Crippen LogP contribution is -2.39. The van der Waals surface area contributed by atoms with Gasteiger partial charge in [-0.1, -0.05) is 13.3 Å². The predicted molar refractivity (Wildman–Crippen MR) is 79.5 cm³/mol. The van der Waals surface area contributed by atoms with Gasteiger partial charge in [0.1, 0.15) is 0 Å². The van der Waals surface area contributed by atoms with Crippen LogP contribution >= 0.6 is 11.3 Å². The molecule has 1 unspecified atom stereocenters. The molecule has 0 saturated carbocycles. The van der Waals surface area contributed by atoms with Crippen molar-refractivity contribution in [2.45, 2.75) is 58.5 Å². The fourth-order valence-electron chi connectivity index (χ4n) is 2.75. The lowest BCUT2D eigenvalue weighted by Gasteiger charge is -2.35. The van der Waals surface area contributed by atoms with Gasteiger partial charge >= 0.3 is 0 Å². The molecule has 0 bridgehead atoms. The van der Waals surface area contributed by atoms with Crippen LogP contribution < -0.4 is 10.2 Å². The van der Waals surface area contributed by atoms with E-state index in [0.717, 1.165) is 12.6 Å².